The molecule has 1 atom stereocenters. The molecule has 0 radical (unpaired) electrons. The lowest BCUT2D eigenvalue weighted by atomic mass is 9.81. The lowest BCUT2D eigenvalue weighted by Gasteiger charge is -2.23. The predicted octanol–water partition coefficient (Wildman–Crippen LogP) is 2.24. The van der Waals surface area contributed by atoms with Crippen molar-refractivity contribution in [3.8, 4) is 0 Å². The van der Waals surface area contributed by atoms with Gasteiger partial charge < -0.3 is 0 Å². The zero-order valence-corrected chi connectivity index (χ0v) is 6.55. The Bertz CT molecular complexity index is 235. The molecule has 11 heavy (non-hydrogen) atoms. The van der Waals surface area contributed by atoms with Gasteiger partial charge in [-0.05, 0) is 36.8 Å². The van der Waals surface area contributed by atoms with Crippen molar-refractivity contribution in [2.45, 2.75) is 25.7 Å². The standard InChI is InChI=1S/C10H12O/c11-10-6-5-8-3-1-2-4-9(8)7-10/h2,4,7-8H,1,3,5-6H2/t8-/m0/s1. The minimum absolute atomic E-state index is 0.308. The van der Waals surface area contributed by atoms with Gasteiger partial charge in [0.15, 0.2) is 5.78 Å². The Kier molecular flexibility index (Phi) is 1.65. The second-order valence-corrected chi connectivity index (χ2v) is 3.33. The van der Waals surface area contributed by atoms with Gasteiger partial charge >= 0.3 is 0 Å². The SMILES string of the molecule is O=C1C=C2C=CCC[C@H]2CC1. The first-order valence-electron chi connectivity index (χ1n) is 4.27. The highest BCUT2D eigenvalue weighted by atomic mass is 16.1. The van der Waals surface area contributed by atoms with E-state index >= 15 is 0 Å². The van der Waals surface area contributed by atoms with Crippen molar-refractivity contribution in [3.63, 3.8) is 0 Å². The van der Waals surface area contributed by atoms with Gasteiger partial charge in [-0.1, -0.05) is 12.2 Å². The van der Waals surface area contributed by atoms with Gasteiger partial charge in [-0.2, -0.15) is 0 Å². The molecular weight excluding hydrogens is 136 g/mol. The second kappa shape index (κ2) is 2.65. The van der Waals surface area contributed by atoms with Crippen LogP contribution in [-0.2, 0) is 4.79 Å². The molecule has 2 aliphatic rings. The van der Waals surface area contributed by atoms with E-state index in [2.05, 4.69) is 12.2 Å². The van der Waals surface area contributed by atoms with E-state index in [1.165, 1.54) is 18.4 Å². The van der Waals surface area contributed by atoms with Crippen LogP contribution in [0, 0.1) is 5.92 Å². The van der Waals surface area contributed by atoms with Gasteiger partial charge in [-0.3, -0.25) is 4.79 Å². The lowest BCUT2D eigenvalue weighted by molar-refractivity contribution is -0.115. The molecule has 0 amide bonds. The first-order valence-corrected chi connectivity index (χ1v) is 4.27. The molecule has 2 aliphatic carbocycles. The summed E-state index contributed by atoms with van der Waals surface area (Å²) in [5.74, 6) is 1.00. The summed E-state index contributed by atoms with van der Waals surface area (Å²) in [6.07, 6.45) is 10.4. The molecule has 1 heteroatoms. The van der Waals surface area contributed by atoms with Crippen molar-refractivity contribution in [1.29, 1.82) is 0 Å². The van der Waals surface area contributed by atoms with E-state index in [1.54, 1.807) is 0 Å². The van der Waals surface area contributed by atoms with Crippen LogP contribution in [0.3, 0.4) is 0 Å². The van der Waals surface area contributed by atoms with Crippen LogP contribution in [0.25, 0.3) is 0 Å². The maximum Gasteiger partial charge on any atom is 0.155 e. The highest BCUT2D eigenvalue weighted by Crippen LogP contribution is 2.31. The number of rotatable bonds is 0. The molecule has 0 unspecified atom stereocenters. The van der Waals surface area contributed by atoms with Gasteiger partial charge in [0.25, 0.3) is 0 Å². The minimum atomic E-state index is 0.308. The number of allylic oxidation sites excluding steroid dienone is 4. The van der Waals surface area contributed by atoms with E-state index in [1.807, 2.05) is 6.08 Å². The summed E-state index contributed by atoms with van der Waals surface area (Å²) in [5.41, 5.74) is 1.27. The van der Waals surface area contributed by atoms with Gasteiger partial charge in [0.1, 0.15) is 0 Å². The Morgan fingerprint density at radius 1 is 1.36 bits per heavy atom. The summed E-state index contributed by atoms with van der Waals surface area (Å²) in [7, 11) is 0. The Hall–Kier alpha value is -0.850. The Morgan fingerprint density at radius 2 is 2.27 bits per heavy atom. The molecule has 0 spiro atoms. The van der Waals surface area contributed by atoms with Crippen LogP contribution in [0.15, 0.2) is 23.8 Å². The first-order chi connectivity index (χ1) is 5.36. The molecule has 0 saturated heterocycles. The number of hydrogen-bond acceptors (Lipinski definition) is 1. The number of fused-ring (bicyclic) bond motifs is 1. The van der Waals surface area contributed by atoms with Crippen molar-refractivity contribution in [2.75, 3.05) is 0 Å². The van der Waals surface area contributed by atoms with Gasteiger partial charge in [0.2, 0.25) is 0 Å². The van der Waals surface area contributed by atoms with Crippen molar-refractivity contribution in [2.24, 2.45) is 5.92 Å². The van der Waals surface area contributed by atoms with E-state index in [4.69, 9.17) is 0 Å². The second-order valence-electron chi connectivity index (χ2n) is 3.33. The fourth-order valence-corrected chi connectivity index (χ4v) is 1.87. The molecule has 0 N–H and O–H groups in total. The lowest BCUT2D eigenvalue weighted by Crippen LogP contribution is -2.14. The van der Waals surface area contributed by atoms with E-state index in [9.17, 15) is 4.79 Å². The van der Waals surface area contributed by atoms with Gasteiger partial charge in [-0.25, -0.2) is 0 Å². The number of carbonyl (C=O) groups is 1. The summed E-state index contributed by atoms with van der Waals surface area (Å²) < 4.78 is 0. The number of carbonyl (C=O) groups excluding carboxylic acids is 1. The normalized spacial score (nSPS) is 29.6. The Morgan fingerprint density at radius 3 is 3.18 bits per heavy atom. The van der Waals surface area contributed by atoms with Crippen LogP contribution in [0.1, 0.15) is 25.7 Å². The molecule has 0 aromatic heterocycles. The number of hydrogen-bond donors (Lipinski definition) is 0. The molecule has 0 aromatic rings. The van der Waals surface area contributed by atoms with Crippen LogP contribution >= 0.6 is 0 Å². The van der Waals surface area contributed by atoms with Crippen molar-refractivity contribution < 1.29 is 4.79 Å². The Labute approximate surface area is 66.8 Å². The van der Waals surface area contributed by atoms with Gasteiger partial charge in [-0.15, -0.1) is 0 Å². The van der Waals surface area contributed by atoms with Crippen molar-refractivity contribution in [1.82, 2.24) is 0 Å². The quantitative estimate of drug-likeness (QED) is 0.515. The molecule has 1 nitrogen and oxygen atoms in total. The third-order valence-corrected chi connectivity index (χ3v) is 2.53. The summed E-state index contributed by atoms with van der Waals surface area (Å²) in [4.78, 5) is 11.0. The van der Waals surface area contributed by atoms with E-state index in [0.717, 1.165) is 12.8 Å². The van der Waals surface area contributed by atoms with Crippen LogP contribution < -0.4 is 0 Å². The minimum Gasteiger partial charge on any atom is -0.295 e. The summed E-state index contributed by atoms with van der Waals surface area (Å²) >= 11 is 0. The maximum atomic E-state index is 11.0. The fraction of sp³-hybridized carbons (Fsp3) is 0.500. The average molecular weight is 148 g/mol. The zero-order chi connectivity index (χ0) is 7.68. The molecule has 0 heterocycles. The third kappa shape index (κ3) is 1.28. The van der Waals surface area contributed by atoms with Crippen LogP contribution in [0.5, 0.6) is 0 Å². The third-order valence-electron chi connectivity index (χ3n) is 2.53. The molecule has 58 valence electrons. The van der Waals surface area contributed by atoms with E-state index in [0.29, 0.717) is 11.7 Å². The summed E-state index contributed by atoms with van der Waals surface area (Å²) in [5, 5.41) is 0. The van der Waals surface area contributed by atoms with Crippen molar-refractivity contribution >= 4 is 5.78 Å². The number of ketones is 1. The van der Waals surface area contributed by atoms with Crippen LogP contribution in [-0.4, -0.2) is 5.78 Å². The first kappa shape index (κ1) is 6.84. The monoisotopic (exact) mass is 148 g/mol. The molecular formula is C10H12O. The Balaban J connectivity index is 2.28. The van der Waals surface area contributed by atoms with Gasteiger partial charge in [0.05, 0.1) is 0 Å². The van der Waals surface area contributed by atoms with Crippen LogP contribution in [0.4, 0.5) is 0 Å². The predicted molar refractivity (Wildman–Crippen MR) is 44.2 cm³/mol. The molecule has 0 fully saturated rings. The van der Waals surface area contributed by atoms with E-state index in [-0.39, 0.29) is 0 Å². The molecule has 2 rings (SSSR count). The highest BCUT2D eigenvalue weighted by Gasteiger charge is 2.20. The molecule has 0 saturated carbocycles. The fourth-order valence-electron chi connectivity index (χ4n) is 1.87. The molecule has 0 aliphatic heterocycles. The largest absolute Gasteiger partial charge is 0.295 e. The van der Waals surface area contributed by atoms with Crippen molar-refractivity contribution in [3.05, 3.63) is 23.8 Å². The highest BCUT2D eigenvalue weighted by molar-refractivity contribution is 5.91. The summed E-state index contributed by atoms with van der Waals surface area (Å²) in [6, 6.07) is 0. The van der Waals surface area contributed by atoms with Crippen LogP contribution in [0.2, 0.25) is 0 Å². The summed E-state index contributed by atoms with van der Waals surface area (Å²) in [6.45, 7) is 0. The topological polar surface area (TPSA) is 17.1 Å². The maximum absolute atomic E-state index is 11.0. The zero-order valence-electron chi connectivity index (χ0n) is 6.55. The smallest absolute Gasteiger partial charge is 0.155 e. The molecule has 0 bridgehead atoms. The van der Waals surface area contributed by atoms with Gasteiger partial charge in [0, 0.05) is 6.42 Å². The average Bonchev–Trinajstić information content (AvgIpc) is 2.04. The van der Waals surface area contributed by atoms with E-state index < -0.39 is 0 Å². The molecule has 0 aromatic carbocycles.